The molecule has 3 nitrogen and oxygen atoms in total. The monoisotopic (exact) mass is 421 g/mol. The van der Waals surface area contributed by atoms with E-state index in [1.54, 1.807) is 24.3 Å². The normalized spacial score (nSPS) is 19.2. The summed E-state index contributed by atoms with van der Waals surface area (Å²) in [7, 11) is 0. The van der Waals surface area contributed by atoms with Gasteiger partial charge in [0.2, 0.25) is 0 Å². The van der Waals surface area contributed by atoms with Gasteiger partial charge in [0.1, 0.15) is 11.6 Å². The molecule has 0 N–H and O–H groups in total. The summed E-state index contributed by atoms with van der Waals surface area (Å²) in [5, 5.41) is 0. The van der Waals surface area contributed by atoms with Gasteiger partial charge in [0, 0.05) is 44.5 Å². The van der Waals surface area contributed by atoms with E-state index < -0.39 is 0 Å². The highest BCUT2D eigenvalue weighted by Crippen LogP contribution is 2.22. The third kappa shape index (κ3) is 5.91. The number of piperazine rings is 1. The van der Waals surface area contributed by atoms with Crippen LogP contribution in [0.3, 0.4) is 0 Å². The van der Waals surface area contributed by atoms with Crippen LogP contribution in [0.25, 0.3) is 0 Å². The Morgan fingerprint density at radius 1 is 0.724 bits per heavy atom. The van der Waals surface area contributed by atoms with Gasteiger partial charge >= 0.3 is 0 Å². The van der Waals surface area contributed by atoms with Crippen LogP contribution >= 0.6 is 12.4 Å². The van der Waals surface area contributed by atoms with Crippen molar-refractivity contribution < 1.29 is 8.78 Å². The van der Waals surface area contributed by atoms with Crippen LogP contribution in [0.1, 0.15) is 18.4 Å². The molecule has 2 aromatic carbocycles. The van der Waals surface area contributed by atoms with E-state index in [0.717, 1.165) is 57.9 Å². The van der Waals surface area contributed by atoms with Crippen molar-refractivity contribution in [1.29, 1.82) is 0 Å². The summed E-state index contributed by atoms with van der Waals surface area (Å²) in [5.41, 5.74) is 2.33. The van der Waals surface area contributed by atoms with Gasteiger partial charge in [-0.05, 0) is 74.3 Å². The lowest BCUT2D eigenvalue weighted by Crippen LogP contribution is -2.53. The van der Waals surface area contributed by atoms with E-state index in [1.165, 1.54) is 18.4 Å². The first-order chi connectivity index (χ1) is 13.7. The van der Waals surface area contributed by atoms with E-state index in [1.807, 2.05) is 24.3 Å². The molecular weight excluding hydrogens is 392 g/mol. The molecule has 0 radical (unpaired) electrons. The zero-order valence-corrected chi connectivity index (χ0v) is 17.6. The lowest BCUT2D eigenvalue weighted by Gasteiger charge is -2.43. The first kappa shape index (κ1) is 22.0. The molecule has 0 unspecified atom stereocenters. The average Bonchev–Trinajstić information content (AvgIpc) is 2.74. The Labute approximate surface area is 178 Å². The summed E-state index contributed by atoms with van der Waals surface area (Å²) in [6.07, 6.45) is 3.43. The summed E-state index contributed by atoms with van der Waals surface area (Å²) in [6.45, 7) is 7.52. The molecule has 0 amide bonds. The smallest absolute Gasteiger partial charge is 0.123 e. The fourth-order valence-corrected chi connectivity index (χ4v) is 4.44. The molecular formula is C23H30ClF2N3. The summed E-state index contributed by atoms with van der Waals surface area (Å²) in [5.74, 6) is -0.335. The predicted molar refractivity (Wildman–Crippen MR) is 117 cm³/mol. The van der Waals surface area contributed by atoms with Crippen LogP contribution in [0.5, 0.6) is 0 Å². The minimum absolute atomic E-state index is 0. The minimum atomic E-state index is -0.173. The Morgan fingerprint density at radius 3 is 1.86 bits per heavy atom. The van der Waals surface area contributed by atoms with Crippen LogP contribution in [-0.4, -0.2) is 61.7 Å². The molecule has 0 atom stereocenters. The molecule has 0 aromatic heterocycles. The Kier molecular flexibility index (Phi) is 7.87. The zero-order chi connectivity index (χ0) is 19.3. The van der Waals surface area contributed by atoms with Crippen LogP contribution in [0.15, 0.2) is 48.5 Å². The lowest BCUT2D eigenvalue weighted by molar-refractivity contribution is 0.104. The lowest BCUT2D eigenvalue weighted by atomic mass is 10.0. The number of likely N-dealkylation sites (tertiary alicyclic amines) is 1. The molecule has 0 spiro atoms. The molecule has 2 aliphatic rings. The molecule has 29 heavy (non-hydrogen) atoms. The molecule has 2 saturated heterocycles. The third-order valence-electron chi connectivity index (χ3n) is 6.21. The van der Waals surface area contributed by atoms with Crippen LogP contribution in [-0.2, 0) is 6.42 Å². The number of piperidine rings is 1. The highest BCUT2D eigenvalue weighted by molar-refractivity contribution is 5.85. The van der Waals surface area contributed by atoms with Gasteiger partial charge in [0.05, 0.1) is 0 Å². The highest BCUT2D eigenvalue weighted by atomic mass is 35.5. The summed E-state index contributed by atoms with van der Waals surface area (Å²) in [4.78, 5) is 7.53. The number of halogens is 3. The molecule has 6 heteroatoms. The zero-order valence-electron chi connectivity index (χ0n) is 16.8. The van der Waals surface area contributed by atoms with Crippen LogP contribution in [0.2, 0.25) is 0 Å². The first-order valence-electron chi connectivity index (χ1n) is 10.4. The largest absolute Gasteiger partial charge is 0.369 e. The van der Waals surface area contributed by atoms with E-state index in [4.69, 9.17) is 0 Å². The van der Waals surface area contributed by atoms with Crippen molar-refractivity contribution in [1.82, 2.24) is 9.80 Å². The fraction of sp³-hybridized carbons (Fsp3) is 0.478. The summed E-state index contributed by atoms with van der Waals surface area (Å²) < 4.78 is 26.1. The molecule has 2 heterocycles. The van der Waals surface area contributed by atoms with Crippen molar-refractivity contribution in [2.45, 2.75) is 25.3 Å². The number of benzene rings is 2. The van der Waals surface area contributed by atoms with Crippen molar-refractivity contribution in [2.75, 3.05) is 50.7 Å². The summed E-state index contributed by atoms with van der Waals surface area (Å²) >= 11 is 0. The SMILES string of the molecule is Cl.Fc1ccc(CCN2CCC(N3CCN(c4ccc(F)cc4)CC3)CC2)cc1. The number of rotatable bonds is 5. The molecule has 4 rings (SSSR count). The van der Waals surface area contributed by atoms with E-state index in [2.05, 4.69) is 14.7 Å². The van der Waals surface area contributed by atoms with Gasteiger partial charge in [0.25, 0.3) is 0 Å². The molecule has 2 fully saturated rings. The van der Waals surface area contributed by atoms with E-state index in [-0.39, 0.29) is 24.0 Å². The molecule has 158 valence electrons. The summed E-state index contributed by atoms with van der Waals surface area (Å²) in [6, 6.07) is 14.4. The van der Waals surface area contributed by atoms with E-state index >= 15 is 0 Å². The maximum atomic E-state index is 13.1. The van der Waals surface area contributed by atoms with Crippen molar-refractivity contribution in [3.63, 3.8) is 0 Å². The van der Waals surface area contributed by atoms with E-state index in [0.29, 0.717) is 6.04 Å². The van der Waals surface area contributed by atoms with Crippen LogP contribution in [0, 0.1) is 11.6 Å². The van der Waals surface area contributed by atoms with Gasteiger partial charge in [-0.1, -0.05) is 12.1 Å². The van der Waals surface area contributed by atoms with E-state index in [9.17, 15) is 8.78 Å². The molecule has 0 bridgehead atoms. The van der Waals surface area contributed by atoms with Crippen LogP contribution in [0.4, 0.5) is 14.5 Å². The molecule has 0 aliphatic carbocycles. The van der Waals surface area contributed by atoms with Crippen molar-refractivity contribution >= 4 is 18.1 Å². The quantitative estimate of drug-likeness (QED) is 0.715. The number of anilines is 1. The molecule has 2 aromatic rings. The maximum absolute atomic E-state index is 13.1. The third-order valence-corrected chi connectivity index (χ3v) is 6.21. The molecule has 2 aliphatic heterocycles. The van der Waals surface area contributed by atoms with Gasteiger partial charge in [-0.2, -0.15) is 0 Å². The number of nitrogens with zero attached hydrogens (tertiary/aromatic N) is 3. The second kappa shape index (κ2) is 10.4. The molecule has 0 saturated carbocycles. The Balaban J connectivity index is 0.00000240. The van der Waals surface area contributed by atoms with Gasteiger partial charge in [0.15, 0.2) is 0 Å². The first-order valence-corrected chi connectivity index (χ1v) is 10.4. The average molecular weight is 422 g/mol. The van der Waals surface area contributed by atoms with Crippen LogP contribution < -0.4 is 4.90 Å². The van der Waals surface area contributed by atoms with Gasteiger partial charge in [-0.15, -0.1) is 12.4 Å². The Hall–Kier alpha value is -1.69. The minimum Gasteiger partial charge on any atom is -0.369 e. The highest BCUT2D eigenvalue weighted by Gasteiger charge is 2.27. The topological polar surface area (TPSA) is 9.72 Å². The van der Waals surface area contributed by atoms with Crippen molar-refractivity contribution in [3.8, 4) is 0 Å². The number of hydrogen-bond donors (Lipinski definition) is 0. The Bertz CT molecular complexity index is 738. The fourth-order valence-electron chi connectivity index (χ4n) is 4.44. The van der Waals surface area contributed by atoms with Gasteiger partial charge in [-0.3, -0.25) is 4.90 Å². The van der Waals surface area contributed by atoms with Crippen molar-refractivity contribution in [3.05, 3.63) is 65.7 Å². The maximum Gasteiger partial charge on any atom is 0.123 e. The van der Waals surface area contributed by atoms with Gasteiger partial charge in [-0.25, -0.2) is 8.78 Å². The number of hydrogen-bond acceptors (Lipinski definition) is 3. The van der Waals surface area contributed by atoms with Gasteiger partial charge < -0.3 is 9.80 Å². The van der Waals surface area contributed by atoms with Crippen molar-refractivity contribution in [2.24, 2.45) is 0 Å². The standard InChI is InChI=1S/C23H29F2N3.ClH/c24-20-3-1-19(2-4-20)9-12-26-13-10-23(11-14-26)28-17-15-27(16-18-28)22-7-5-21(25)6-8-22;/h1-8,23H,9-18H2;1H. The predicted octanol–water partition coefficient (Wildman–Crippen LogP) is 4.22. The second-order valence-corrected chi connectivity index (χ2v) is 7.95. The second-order valence-electron chi connectivity index (χ2n) is 7.95. The Morgan fingerprint density at radius 2 is 1.28 bits per heavy atom.